The third-order valence-corrected chi connectivity index (χ3v) is 5.38. The van der Waals surface area contributed by atoms with Gasteiger partial charge in [-0.05, 0) is 46.9 Å². The van der Waals surface area contributed by atoms with Crippen LogP contribution in [0.4, 0.5) is 13.2 Å². The maximum absolute atomic E-state index is 13.1. The molecule has 0 heterocycles. The first-order chi connectivity index (χ1) is 9.88. The molecule has 0 aliphatic carbocycles. The summed E-state index contributed by atoms with van der Waals surface area (Å²) in [4.78, 5) is -0.272. The molecule has 6 nitrogen and oxygen atoms in total. The first-order valence-corrected chi connectivity index (χ1v) is 9.40. The Morgan fingerprint density at radius 2 is 1.68 bits per heavy atom. The van der Waals surface area contributed by atoms with E-state index in [9.17, 15) is 34.6 Å². The normalized spacial score (nSPS) is 14.8. The average molecular weight is 473 g/mol. The van der Waals surface area contributed by atoms with Gasteiger partial charge in [-0.25, -0.2) is 12.8 Å². The topological polar surface area (TPSA) is 101 Å². The molecule has 126 valence electrons. The van der Waals surface area contributed by atoms with Gasteiger partial charge in [0.05, 0.1) is 11.5 Å². The lowest BCUT2D eigenvalue weighted by molar-refractivity contribution is -0.0115. The highest BCUT2D eigenvalue weighted by Gasteiger charge is 2.47. The summed E-state index contributed by atoms with van der Waals surface area (Å²) in [5, 5.41) is -5.15. The molecule has 0 saturated carbocycles. The van der Waals surface area contributed by atoms with Crippen LogP contribution in [0.25, 0.3) is 0 Å². The predicted octanol–water partition coefficient (Wildman–Crippen LogP) is 1.86. The highest BCUT2D eigenvalue weighted by molar-refractivity contribution is 14.1. The quantitative estimate of drug-likeness (QED) is 0.341. The minimum absolute atomic E-state index is 0.272. The van der Waals surface area contributed by atoms with E-state index in [0.29, 0.717) is 0 Å². The molecule has 1 atom stereocenters. The summed E-state index contributed by atoms with van der Waals surface area (Å²) in [7, 11) is -10.5. The Bertz CT molecular complexity index is 718. The third-order valence-electron chi connectivity index (χ3n) is 2.41. The fourth-order valence-electron chi connectivity index (χ4n) is 1.26. The molecule has 0 N–H and O–H groups in total. The number of alkyl halides is 3. The van der Waals surface area contributed by atoms with Crippen molar-refractivity contribution in [1.82, 2.24) is 0 Å². The van der Waals surface area contributed by atoms with E-state index < -0.39 is 44.7 Å². The Labute approximate surface area is 138 Å². The second-order valence-corrected chi connectivity index (χ2v) is 8.32. The van der Waals surface area contributed by atoms with Gasteiger partial charge in [-0.15, -0.1) is 0 Å². The van der Waals surface area contributed by atoms with Crippen LogP contribution < -0.4 is 0 Å². The first-order valence-electron chi connectivity index (χ1n) is 5.50. The Kier molecular flexibility index (Phi) is 6.22. The van der Waals surface area contributed by atoms with Crippen molar-refractivity contribution in [3.63, 3.8) is 0 Å². The van der Waals surface area contributed by atoms with Gasteiger partial charge in [-0.3, -0.25) is 4.18 Å². The lowest BCUT2D eigenvalue weighted by Crippen LogP contribution is -2.39. The minimum atomic E-state index is -6.19. The van der Waals surface area contributed by atoms with E-state index in [-0.39, 0.29) is 4.90 Å². The Hall–Kier alpha value is -0.440. The van der Waals surface area contributed by atoms with E-state index in [0.717, 1.165) is 3.57 Å². The standard InChI is InChI=1S/C10H10F3IO6S2/c11-9(10(12,13)22(17,18)19)5-6-20-21(15,16)8-3-1-7(14)2-4-8/h1-4,9H,5-6H2,(H,17,18,19)/p-1. The van der Waals surface area contributed by atoms with Crippen LogP contribution in [-0.2, 0) is 24.4 Å². The van der Waals surface area contributed by atoms with Gasteiger partial charge in [0, 0.05) is 9.99 Å². The molecule has 22 heavy (non-hydrogen) atoms. The lowest BCUT2D eigenvalue weighted by atomic mass is 10.3. The van der Waals surface area contributed by atoms with E-state index >= 15 is 0 Å². The predicted molar refractivity (Wildman–Crippen MR) is 76.5 cm³/mol. The summed E-state index contributed by atoms with van der Waals surface area (Å²) in [5.74, 6) is 0. The van der Waals surface area contributed by atoms with Gasteiger partial charge in [0.25, 0.3) is 10.1 Å². The summed E-state index contributed by atoms with van der Waals surface area (Å²) in [5.41, 5.74) is 0. The first kappa shape index (κ1) is 19.6. The number of hydrogen-bond donors (Lipinski definition) is 0. The third kappa shape index (κ3) is 4.78. The Morgan fingerprint density at radius 1 is 1.18 bits per heavy atom. The van der Waals surface area contributed by atoms with Gasteiger partial charge in [-0.2, -0.15) is 17.2 Å². The maximum atomic E-state index is 13.1. The van der Waals surface area contributed by atoms with Crippen molar-refractivity contribution in [3.8, 4) is 0 Å². The highest BCUT2D eigenvalue weighted by Crippen LogP contribution is 2.29. The van der Waals surface area contributed by atoms with E-state index in [2.05, 4.69) is 4.18 Å². The molecule has 0 bridgehead atoms. The van der Waals surface area contributed by atoms with Crippen LogP contribution in [-0.4, -0.2) is 39.4 Å². The largest absolute Gasteiger partial charge is 0.743 e. The number of hydrogen-bond acceptors (Lipinski definition) is 6. The molecule has 0 saturated heterocycles. The van der Waals surface area contributed by atoms with Gasteiger partial charge in [0.2, 0.25) is 0 Å². The van der Waals surface area contributed by atoms with Crippen LogP contribution >= 0.6 is 22.6 Å². The van der Waals surface area contributed by atoms with Crippen LogP contribution in [0.3, 0.4) is 0 Å². The summed E-state index contributed by atoms with van der Waals surface area (Å²) >= 11 is 1.92. The molecule has 1 aromatic carbocycles. The van der Waals surface area contributed by atoms with Gasteiger partial charge in [-0.1, -0.05) is 0 Å². The van der Waals surface area contributed by atoms with Crippen molar-refractivity contribution in [3.05, 3.63) is 27.8 Å². The van der Waals surface area contributed by atoms with Crippen LogP contribution in [0.15, 0.2) is 29.2 Å². The lowest BCUT2D eigenvalue weighted by Gasteiger charge is -2.23. The molecular weight excluding hydrogens is 464 g/mol. The fraction of sp³-hybridized carbons (Fsp3) is 0.400. The van der Waals surface area contributed by atoms with Gasteiger partial charge < -0.3 is 4.55 Å². The van der Waals surface area contributed by atoms with Crippen molar-refractivity contribution >= 4 is 42.8 Å². The van der Waals surface area contributed by atoms with E-state index in [1.54, 1.807) is 0 Å². The van der Waals surface area contributed by atoms with E-state index in [1.807, 2.05) is 22.6 Å². The number of halogens is 4. The molecule has 0 spiro atoms. The number of rotatable bonds is 7. The van der Waals surface area contributed by atoms with E-state index in [1.165, 1.54) is 24.3 Å². The zero-order valence-corrected chi connectivity index (χ0v) is 14.4. The highest BCUT2D eigenvalue weighted by atomic mass is 127. The van der Waals surface area contributed by atoms with Crippen molar-refractivity contribution in [2.45, 2.75) is 22.7 Å². The van der Waals surface area contributed by atoms with Crippen molar-refractivity contribution in [1.29, 1.82) is 0 Å². The molecule has 0 aromatic heterocycles. The maximum Gasteiger partial charge on any atom is 0.364 e. The zero-order chi connectivity index (χ0) is 17.2. The molecule has 12 heteroatoms. The SMILES string of the molecule is O=S(=O)(OCCC(F)C(F)(F)S(=O)(=O)[O-])c1ccc(I)cc1. The van der Waals surface area contributed by atoms with Crippen molar-refractivity contribution in [2.75, 3.05) is 6.61 Å². The summed E-state index contributed by atoms with van der Waals surface area (Å²) in [6.45, 7) is -1.04. The average Bonchev–Trinajstić information content (AvgIpc) is 2.37. The van der Waals surface area contributed by atoms with E-state index in [4.69, 9.17) is 0 Å². The second kappa shape index (κ2) is 6.98. The van der Waals surface area contributed by atoms with Gasteiger partial charge in [0.15, 0.2) is 16.3 Å². The summed E-state index contributed by atoms with van der Waals surface area (Å²) in [6.07, 6.45) is -4.65. The van der Waals surface area contributed by atoms with Gasteiger partial charge in [0.1, 0.15) is 0 Å². The number of benzene rings is 1. The molecule has 0 amide bonds. The Morgan fingerprint density at radius 3 is 2.14 bits per heavy atom. The van der Waals surface area contributed by atoms with Crippen molar-refractivity contribution in [2.24, 2.45) is 0 Å². The fourth-order valence-corrected chi connectivity index (χ4v) is 2.97. The van der Waals surface area contributed by atoms with Gasteiger partial charge >= 0.3 is 5.25 Å². The van der Waals surface area contributed by atoms with Crippen LogP contribution in [0.5, 0.6) is 0 Å². The molecule has 0 aliphatic heterocycles. The van der Waals surface area contributed by atoms with Crippen LogP contribution in [0.1, 0.15) is 6.42 Å². The molecule has 1 unspecified atom stereocenters. The molecule has 1 rings (SSSR count). The Balaban J connectivity index is 2.69. The summed E-state index contributed by atoms with van der Waals surface area (Å²) in [6, 6.07) is 5.29. The molecule has 0 fully saturated rings. The second-order valence-electron chi connectivity index (χ2n) is 4.00. The monoisotopic (exact) mass is 473 g/mol. The van der Waals surface area contributed by atoms with Crippen molar-refractivity contribution < 1.29 is 38.7 Å². The molecular formula is C10H9F3IO6S2-. The molecule has 0 aliphatic rings. The smallest absolute Gasteiger partial charge is 0.364 e. The summed E-state index contributed by atoms with van der Waals surface area (Å²) < 4.78 is 97.8. The van der Waals surface area contributed by atoms with Crippen LogP contribution in [0.2, 0.25) is 0 Å². The molecule has 0 radical (unpaired) electrons. The molecule has 1 aromatic rings. The zero-order valence-electron chi connectivity index (χ0n) is 10.6. The minimum Gasteiger partial charge on any atom is -0.743 e. The van der Waals surface area contributed by atoms with Crippen LogP contribution in [0, 0.1) is 3.57 Å².